The molecule has 2 aliphatic carbocycles. The molecule has 0 aromatic heterocycles. The number of unbranched alkanes of at least 4 members (excludes halogenated alkanes) is 1. The molecule has 3 heteroatoms. The first-order valence-corrected chi connectivity index (χ1v) is 7.88. The second-order valence-corrected chi connectivity index (χ2v) is 6.12. The standard InChI is InChI=1S/C17H24N2O/c1-2-3-11-19(15-7-5-4-6-8-15)17-14-10-9-13(12-14)16(17)18-20/h4-8,13-14,17,20H,2-3,9-12H2,1H3/b18-16+/t13-,14+,17+/m0/s1. The van der Waals surface area contributed by atoms with Crippen LogP contribution in [0.4, 0.5) is 5.69 Å². The SMILES string of the molecule is CCCCN(c1ccccc1)[C@H]1/C(=N/O)[C@H]2CC[C@@H]1C2. The Morgan fingerprint density at radius 1 is 1.25 bits per heavy atom. The summed E-state index contributed by atoms with van der Waals surface area (Å²) in [4.78, 5) is 2.47. The Balaban J connectivity index is 1.89. The van der Waals surface area contributed by atoms with E-state index in [0.29, 0.717) is 17.9 Å². The second kappa shape index (κ2) is 5.86. The van der Waals surface area contributed by atoms with E-state index in [1.807, 2.05) is 0 Å². The van der Waals surface area contributed by atoms with Crippen molar-refractivity contribution in [2.24, 2.45) is 17.0 Å². The fourth-order valence-electron chi connectivity index (χ4n) is 3.99. The lowest BCUT2D eigenvalue weighted by Gasteiger charge is -2.36. The molecule has 2 aliphatic rings. The molecule has 0 aliphatic heterocycles. The van der Waals surface area contributed by atoms with Crippen LogP contribution >= 0.6 is 0 Å². The maximum Gasteiger partial charge on any atom is 0.0828 e. The summed E-state index contributed by atoms with van der Waals surface area (Å²) in [5.74, 6) is 1.19. The lowest BCUT2D eigenvalue weighted by molar-refractivity contribution is 0.311. The van der Waals surface area contributed by atoms with E-state index >= 15 is 0 Å². The van der Waals surface area contributed by atoms with Crippen LogP contribution in [0.1, 0.15) is 39.0 Å². The van der Waals surface area contributed by atoms with Gasteiger partial charge in [0.1, 0.15) is 0 Å². The lowest BCUT2D eigenvalue weighted by atomic mass is 9.91. The Bertz CT molecular complexity index is 471. The molecular weight excluding hydrogens is 248 g/mol. The molecule has 1 aromatic rings. The zero-order chi connectivity index (χ0) is 13.9. The van der Waals surface area contributed by atoms with Gasteiger partial charge in [0, 0.05) is 18.2 Å². The van der Waals surface area contributed by atoms with E-state index in [1.54, 1.807) is 0 Å². The smallest absolute Gasteiger partial charge is 0.0828 e. The van der Waals surface area contributed by atoms with Crippen molar-refractivity contribution in [2.75, 3.05) is 11.4 Å². The van der Waals surface area contributed by atoms with E-state index in [2.05, 4.69) is 47.3 Å². The van der Waals surface area contributed by atoms with Crippen LogP contribution < -0.4 is 4.90 Å². The Kier molecular flexibility index (Phi) is 3.95. The fraction of sp³-hybridized carbons (Fsp3) is 0.588. The van der Waals surface area contributed by atoms with Gasteiger partial charge in [-0.25, -0.2) is 0 Å². The van der Waals surface area contributed by atoms with E-state index in [9.17, 15) is 5.21 Å². The molecule has 0 amide bonds. The van der Waals surface area contributed by atoms with Crippen molar-refractivity contribution in [2.45, 2.75) is 45.1 Å². The number of hydrogen-bond acceptors (Lipinski definition) is 3. The summed E-state index contributed by atoms with van der Waals surface area (Å²) in [6.45, 7) is 3.28. The largest absolute Gasteiger partial charge is 0.411 e. The summed E-state index contributed by atoms with van der Waals surface area (Å²) >= 11 is 0. The fourth-order valence-corrected chi connectivity index (χ4v) is 3.99. The molecule has 0 heterocycles. The molecule has 20 heavy (non-hydrogen) atoms. The van der Waals surface area contributed by atoms with Gasteiger partial charge in [-0.1, -0.05) is 36.7 Å². The van der Waals surface area contributed by atoms with Crippen molar-refractivity contribution in [3.63, 3.8) is 0 Å². The molecule has 0 unspecified atom stereocenters. The minimum Gasteiger partial charge on any atom is -0.411 e. The molecule has 108 valence electrons. The van der Waals surface area contributed by atoms with Gasteiger partial charge in [0.05, 0.1) is 11.8 Å². The van der Waals surface area contributed by atoms with Crippen LogP contribution in [0.2, 0.25) is 0 Å². The molecule has 0 saturated heterocycles. The van der Waals surface area contributed by atoms with E-state index in [4.69, 9.17) is 0 Å². The Morgan fingerprint density at radius 3 is 2.75 bits per heavy atom. The van der Waals surface area contributed by atoms with Gasteiger partial charge in [-0.3, -0.25) is 0 Å². The average molecular weight is 272 g/mol. The van der Waals surface area contributed by atoms with Crippen LogP contribution in [-0.2, 0) is 0 Å². The van der Waals surface area contributed by atoms with Crippen LogP contribution in [0, 0.1) is 11.8 Å². The maximum atomic E-state index is 9.44. The van der Waals surface area contributed by atoms with Crippen molar-refractivity contribution in [3.05, 3.63) is 30.3 Å². The highest BCUT2D eigenvalue weighted by Gasteiger charge is 2.48. The first kappa shape index (κ1) is 13.5. The van der Waals surface area contributed by atoms with Crippen molar-refractivity contribution < 1.29 is 5.21 Å². The predicted octanol–water partition coefficient (Wildman–Crippen LogP) is 3.92. The summed E-state index contributed by atoms with van der Waals surface area (Å²) < 4.78 is 0. The van der Waals surface area contributed by atoms with Crippen LogP contribution in [0.15, 0.2) is 35.5 Å². The van der Waals surface area contributed by atoms with Crippen molar-refractivity contribution in [1.29, 1.82) is 0 Å². The second-order valence-electron chi connectivity index (χ2n) is 6.12. The molecule has 3 atom stereocenters. The number of oxime groups is 1. The normalized spacial score (nSPS) is 30.1. The molecular formula is C17H24N2O. The third-order valence-electron chi connectivity index (χ3n) is 4.93. The molecule has 0 spiro atoms. The molecule has 3 nitrogen and oxygen atoms in total. The number of anilines is 1. The highest BCUT2D eigenvalue weighted by atomic mass is 16.4. The Labute approximate surface area is 121 Å². The summed E-state index contributed by atoms with van der Waals surface area (Å²) in [7, 11) is 0. The van der Waals surface area contributed by atoms with Gasteiger partial charge in [0.2, 0.25) is 0 Å². The average Bonchev–Trinajstić information content (AvgIpc) is 3.10. The van der Waals surface area contributed by atoms with Crippen LogP contribution in [-0.4, -0.2) is 23.5 Å². The van der Waals surface area contributed by atoms with Gasteiger partial charge >= 0.3 is 0 Å². The summed E-state index contributed by atoms with van der Waals surface area (Å²) in [6, 6.07) is 10.9. The molecule has 0 radical (unpaired) electrons. The van der Waals surface area contributed by atoms with E-state index in [0.717, 1.165) is 12.3 Å². The summed E-state index contributed by atoms with van der Waals surface area (Å²) in [6.07, 6.45) is 6.07. The quantitative estimate of drug-likeness (QED) is 0.651. The maximum absolute atomic E-state index is 9.44. The number of fused-ring (bicyclic) bond motifs is 2. The molecule has 2 fully saturated rings. The first-order chi connectivity index (χ1) is 9.85. The number of hydrogen-bond donors (Lipinski definition) is 1. The number of benzene rings is 1. The van der Waals surface area contributed by atoms with E-state index in [1.165, 1.54) is 37.8 Å². The van der Waals surface area contributed by atoms with Gasteiger partial charge < -0.3 is 10.1 Å². The predicted molar refractivity (Wildman–Crippen MR) is 82.5 cm³/mol. The molecule has 2 bridgehead atoms. The molecule has 2 saturated carbocycles. The summed E-state index contributed by atoms with van der Waals surface area (Å²) in [5.41, 5.74) is 2.29. The Morgan fingerprint density at radius 2 is 2.05 bits per heavy atom. The molecule has 1 N–H and O–H groups in total. The minimum absolute atomic E-state index is 0.313. The van der Waals surface area contributed by atoms with Crippen LogP contribution in [0.3, 0.4) is 0 Å². The van der Waals surface area contributed by atoms with Gasteiger partial charge in [-0.2, -0.15) is 0 Å². The zero-order valence-corrected chi connectivity index (χ0v) is 12.2. The zero-order valence-electron chi connectivity index (χ0n) is 12.2. The number of nitrogens with zero attached hydrogens (tertiary/aromatic N) is 2. The van der Waals surface area contributed by atoms with Crippen molar-refractivity contribution in [3.8, 4) is 0 Å². The molecule has 3 rings (SSSR count). The monoisotopic (exact) mass is 272 g/mol. The van der Waals surface area contributed by atoms with Gasteiger partial charge in [-0.15, -0.1) is 0 Å². The Hall–Kier alpha value is -1.51. The van der Waals surface area contributed by atoms with E-state index in [-0.39, 0.29) is 0 Å². The first-order valence-electron chi connectivity index (χ1n) is 7.88. The van der Waals surface area contributed by atoms with Gasteiger partial charge in [-0.05, 0) is 43.7 Å². The number of rotatable bonds is 5. The third kappa shape index (κ3) is 2.30. The van der Waals surface area contributed by atoms with Crippen molar-refractivity contribution in [1.82, 2.24) is 0 Å². The van der Waals surface area contributed by atoms with Crippen LogP contribution in [0.5, 0.6) is 0 Å². The van der Waals surface area contributed by atoms with Gasteiger partial charge in [0.25, 0.3) is 0 Å². The minimum atomic E-state index is 0.313. The molecule has 1 aromatic carbocycles. The number of para-hydroxylation sites is 1. The van der Waals surface area contributed by atoms with Gasteiger partial charge in [0.15, 0.2) is 0 Å². The van der Waals surface area contributed by atoms with E-state index < -0.39 is 0 Å². The third-order valence-corrected chi connectivity index (χ3v) is 4.93. The lowest BCUT2D eigenvalue weighted by Crippen LogP contribution is -2.45. The summed E-state index contributed by atoms with van der Waals surface area (Å²) in [5, 5.41) is 13.1. The van der Waals surface area contributed by atoms with Crippen molar-refractivity contribution >= 4 is 11.4 Å². The van der Waals surface area contributed by atoms with Crippen LogP contribution in [0.25, 0.3) is 0 Å². The highest BCUT2D eigenvalue weighted by Crippen LogP contribution is 2.46. The highest BCUT2D eigenvalue weighted by molar-refractivity contribution is 5.97. The topological polar surface area (TPSA) is 35.8 Å².